The highest BCUT2D eigenvalue weighted by molar-refractivity contribution is 5.72. The topological polar surface area (TPSA) is 79.3 Å². The van der Waals surface area contributed by atoms with Crippen LogP contribution in [0.1, 0.15) is 16.8 Å². The average molecular weight is 308 g/mol. The Kier molecular flexibility index (Phi) is 3.89. The molecule has 0 spiro atoms. The van der Waals surface area contributed by atoms with Crippen LogP contribution in [0.4, 0.5) is 11.5 Å². The molecule has 0 saturated carbocycles. The van der Waals surface area contributed by atoms with E-state index in [2.05, 4.69) is 21.3 Å². The van der Waals surface area contributed by atoms with Gasteiger partial charge in [0.25, 0.3) is 0 Å². The Morgan fingerprint density at radius 3 is 2.61 bits per heavy atom. The average Bonchev–Trinajstić information content (AvgIpc) is 2.80. The fraction of sp³-hybridized carbons (Fsp3) is 0.176. The highest BCUT2D eigenvalue weighted by atomic mass is 16.4. The van der Waals surface area contributed by atoms with Gasteiger partial charge in [0.05, 0.1) is 17.8 Å². The number of benzene rings is 1. The molecule has 6 nitrogen and oxygen atoms in total. The summed E-state index contributed by atoms with van der Waals surface area (Å²) in [7, 11) is 0. The van der Waals surface area contributed by atoms with Crippen LogP contribution in [0.25, 0.3) is 5.65 Å². The Morgan fingerprint density at radius 2 is 1.91 bits per heavy atom. The van der Waals surface area contributed by atoms with Gasteiger partial charge in [-0.1, -0.05) is 12.1 Å². The van der Waals surface area contributed by atoms with Crippen molar-refractivity contribution in [3.8, 4) is 0 Å². The predicted octanol–water partition coefficient (Wildman–Crippen LogP) is 3.99. The number of imidazole rings is 1. The van der Waals surface area contributed by atoms with Gasteiger partial charge in [-0.2, -0.15) is 0 Å². The molecule has 0 saturated heterocycles. The molecule has 2 aromatic heterocycles. The molecule has 3 aromatic rings. The number of carboxylic acids is 1. The minimum atomic E-state index is -0.948. The number of aliphatic carboxylic acids is 1. The molecule has 2 heterocycles. The second-order valence-corrected chi connectivity index (χ2v) is 5.43. The lowest BCUT2D eigenvalue weighted by Crippen LogP contribution is -2.00. The molecule has 0 aliphatic heterocycles. The van der Waals surface area contributed by atoms with E-state index in [4.69, 9.17) is 5.11 Å². The van der Waals surface area contributed by atoms with E-state index in [1.54, 1.807) is 16.7 Å². The zero-order chi connectivity index (χ0) is 16.4. The second-order valence-electron chi connectivity index (χ2n) is 5.43. The van der Waals surface area contributed by atoms with Crippen LogP contribution in [-0.2, 0) is 11.2 Å². The summed E-state index contributed by atoms with van der Waals surface area (Å²) < 4.78 is 1.74. The molecule has 0 fully saturated rings. The van der Waals surface area contributed by atoms with Crippen LogP contribution in [0.3, 0.4) is 0 Å². The minimum absolute atomic E-state index is 0.192. The van der Waals surface area contributed by atoms with Gasteiger partial charge in [-0.15, -0.1) is 10.2 Å². The maximum atomic E-state index is 11.0. The standard InChI is InChI=1S/C17H16N4O2/c1-11-7-12(2)9-13(8-11)19-20-17-14(10-16(22)23)18-15-5-3-4-6-21(15)17/h3-9H,10H2,1-2H3,(H,22,23). The predicted molar refractivity (Wildman–Crippen MR) is 86.6 cm³/mol. The molecule has 0 aliphatic rings. The minimum Gasteiger partial charge on any atom is -0.481 e. The van der Waals surface area contributed by atoms with E-state index in [0.717, 1.165) is 16.8 Å². The third-order valence-corrected chi connectivity index (χ3v) is 3.36. The third kappa shape index (κ3) is 3.26. The fourth-order valence-corrected chi connectivity index (χ4v) is 2.51. The molecular formula is C17H16N4O2. The van der Waals surface area contributed by atoms with Gasteiger partial charge in [0.15, 0.2) is 5.82 Å². The van der Waals surface area contributed by atoms with Crippen LogP contribution in [0.15, 0.2) is 52.8 Å². The van der Waals surface area contributed by atoms with Gasteiger partial charge in [0.2, 0.25) is 0 Å². The van der Waals surface area contributed by atoms with Crippen molar-refractivity contribution in [1.29, 1.82) is 0 Å². The molecule has 0 unspecified atom stereocenters. The van der Waals surface area contributed by atoms with Crippen molar-refractivity contribution in [2.45, 2.75) is 20.3 Å². The molecule has 0 atom stereocenters. The zero-order valence-corrected chi connectivity index (χ0v) is 12.9. The molecule has 23 heavy (non-hydrogen) atoms. The fourth-order valence-electron chi connectivity index (χ4n) is 2.51. The van der Waals surface area contributed by atoms with Gasteiger partial charge in [-0.25, -0.2) is 4.98 Å². The molecule has 1 aromatic carbocycles. The first kappa shape index (κ1) is 14.9. The van der Waals surface area contributed by atoms with Gasteiger partial charge in [-0.05, 0) is 49.2 Å². The molecule has 0 bridgehead atoms. The summed E-state index contributed by atoms with van der Waals surface area (Å²) in [4.78, 5) is 15.4. The summed E-state index contributed by atoms with van der Waals surface area (Å²) in [6.07, 6.45) is 1.60. The monoisotopic (exact) mass is 308 g/mol. The van der Waals surface area contributed by atoms with Crippen molar-refractivity contribution in [1.82, 2.24) is 9.38 Å². The highest BCUT2D eigenvalue weighted by Crippen LogP contribution is 2.25. The molecule has 0 amide bonds. The van der Waals surface area contributed by atoms with Crippen molar-refractivity contribution in [3.63, 3.8) is 0 Å². The number of carbonyl (C=O) groups is 1. The van der Waals surface area contributed by atoms with Crippen LogP contribution in [-0.4, -0.2) is 20.5 Å². The molecule has 6 heteroatoms. The number of hydrogen-bond acceptors (Lipinski definition) is 4. The van der Waals surface area contributed by atoms with Gasteiger partial charge >= 0.3 is 5.97 Å². The smallest absolute Gasteiger partial charge is 0.309 e. The Bertz CT molecular complexity index is 892. The number of rotatable bonds is 4. The van der Waals surface area contributed by atoms with E-state index in [-0.39, 0.29) is 6.42 Å². The maximum Gasteiger partial charge on any atom is 0.309 e. The summed E-state index contributed by atoms with van der Waals surface area (Å²) in [5, 5.41) is 17.6. The van der Waals surface area contributed by atoms with Crippen LogP contribution < -0.4 is 0 Å². The molecule has 1 N–H and O–H groups in total. The SMILES string of the molecule is Cc1cc(C)cc(N=Nc2c(CC(=O)O)nc3ccccn23)c1. The van der Waals surface area contributed by atoms with Gasteiger partial charge in [-0.3, -0.25) is 9.20 Å². The number of carboxylic acid groups (broad SMARTS) is 1. The van der Waals surface area contributed by atoms with Crippen molar-refractivity contribution in [2.75, 3.05) is 0 Å². The number of aryl methyl sites for hydroxylation is 2. The lowest BCUT2D eigenvalue weighted by molar-refractivity contribution is -0.136. The summed E-state index contributed by atoms with van der Waals surface area (Å²) in [6, 6.07) is 11.4. The highest BCUT2D eigenvalue weighted by Gasteiger charge is 2.14. The number of azo groups is 1. The number of nitrogens with zero attached hydrogens (tertiary/aromatic N) is 4. The van der Waals surface area contributed by atoms with E-state index in [1.165, 1.54) is 0 Å². The number of aromatic nitrogens is 2. The van der Waals surface area contributed by atoms with Crippen LogP contribution in [0, 0.1) is 13.8 Å². The summed E-state index contributed by atoms with van der Waals surface area (Å²) in [6.45, 7) is 3.99. The normalized spacial score (nSPS) is 11.4. The number of fused-ring (bicyclic) bond motifs is 1. The second kappa shape index (κ2) is 6.00. The van der Waals surface area contributed by atoms with Crippen LogP contribution in [0.2, 0.25) is 0 Å². The molecule has 0 radical (unpaired) electrons. The van der Waals surface area contributed by atoms with Gasteiger partial charge in [0.1, 0.15) is 5.65 Å². The Morgan fingerprint density at radius 1 is 1.17 bits per heavy atom. The number of hydrogen-bond donors (Lipinski definition) is 1. The van der Waals surface area contributed by atoms with Crippen LogP contribution in [0.5, 0.6) is 0 Å². The molecule has 3 rings (SSSR count). The van der Waals surface area contributed by atoms with Gasteiger partial charge in [0, 0.05) is 6.20 Å². The quantitative estimate of drug-likeness (QED) is 0.740. The first-order chi connectivity index (χ1) is 11.0. The summed E-state index contributed by atoms with van der Waals surface area (Å²) in [5.74, 6) is -0.501. The van der Waals surface area contributed by atoms with Crippen molar-refractivity contribution >= 4 is 23.1 Å². The Balaban J connectivity index is 2.06. The Hall–Kier alpha value is -3.02. The lowest BCUT2D eigenvalue weighted by Gasteiger charge is -2.00. The van der Waals surface area contributed by atoms with Crippen molar-refractivity contribution in [3.05, 3.63) is 59.4 Å². The lowest BCUT2D eigenvalue weighted by atomic mass is 10.1. The Labute approximate surface area is 133 Å². The first-order valence-corrected chi connectivity index (χ1v) is 7.21. The van der Waals surface area contributed by atoms with Crippen molar-refractivity contribution in [2.24, 2.45) is 10.2 Å². The van der Waals surface area contributed by atoms with E-state index >= 15 is 0 Å². The van der Waals surface area contributed by atoms with E-state index < -0.39 is 5.97 Å². The molecular weight excluding hydrogens is 292 g/mol. The largest absolute Gasteiger partial charge is 0.481 e. The third-order valence-electron chi connectivity index (χ3n) is 3.36. The molecule has 0 aliphatic carbocycles. The maximum absolute atomic E-state index is 11.0. The number of pyridine rings is 1. The summed E-state index contributed by atoms with van der Waals surface area (Å²) >= 11 is 0. The first-order valence-electron chi connectivity index (χ1n) is 7.21. The zero-order valence-electron chi connectivity index (χ0n) is 12.9. The van der Waals surface area contributed by atoms with Crippen molar-refractivity contribution < 1.29 is 9.90 Å². The van der Waals surface area contributed by atoms with Gasteiger partial charge < -0.3 is 5.11 Å². The van der Waals surface area contributed by atoms with E-state index in [9.17, 15) is 4.79 Å². The molecule has 116 valence electrons. The van der Waals surface area contributed by atoms with Crippen LogP contribution >= 0.6 is 0 Å². The summed E-state index contributed by atoms with van der Waals surface area (Å²) in [5.41, 5.74) is 3.98. The van der Waals surface area contributed by atoms with E-state index in [0.29, 0.717) is 17.2 Å². The van der Waals surface area contributed by atoms with E-state index in [1.807, 2.05) is 38.1 Å².